The lowest BCUT2D eigenvalue weighted by molar-refractivity contribution is -0.135. The SMILES string of the molecule is CN=C(NCCCCCOC)NC1CCN(C(=O)C2CCCCC2)C1. The first-order valence-electron chi connectivity index (χ1n) is 9.99. The largest absolute Gasteiger partial charge is 0.385 e. The maximum atomic E-state index is 12.6. The molecule has 0 aromatic rings. The second-order valence-corrected chi connectivity index (χ2v) is 7.30. The zero-order chi connectivity index (χ0) is 17.9. The molecule has 0 aromatic carbocycles. The van der Waals surface area contributed by atoms with Crippen molar-refractivity contribution < 1.29 is 9.53 Å². The van der Waals surface area contributed by atoms with Gasteiger partial charge in [0.05, 0.1) is 0 Å². The van der Waals surface area contributed by atoms with E-state index in [1.165, 1.54) is 19.3 Å². The van der Waals surface area contributed by atoms with Gasteiger partial charge in [-0.2, -0.15) is 0 Å². The zero-order valence-corrected chi connectivity index (χ0v) is 16.1. The predicted molar refractivity (Wildman–Crippen MR) is 102 cm³/mol. The Kier molecular flexibility index (Phi) is 9.08. The molecule has 1 unspecified atom stereocenters. The Morgan fingerprint density at radius 3 is 2.68 bits per heavy atom. The molecule has 25 heavy (non-hydrogen) atoms. The van der Waals surface area contributed by atoms with Crippen LogP contribution in [0, 0.1) is 5.92 Å². The molecule has 1 heterocycles. The smallest absolute Gasteiger partial charge is 0.225 e. The molecular formula is C19H36N4O2. The summed E-state index contributed by atoms with van der Waals surface area (Å²) in [7, 11) is 3.55. The number of likely N-dealkylation sites (tertiary alicyclic amines) is 1. The van der Waals surface area contributed by atoms with Crippen LogP contribution in [0.3, 0.4) is 0 Å². The normalized spacial score (nSPS) is 22.2. The lowest BCUT2D eigenvalue weighted by atomic mass is 9.88. The molecule has 1 aliphatic heterocycles. The first kappa shape index (κ1) is 20.0. The molecule has 1 amide bonds. The summed E-state index contributed by atoms with van der Waals surface area (Å²) in [6.45, 7) is 3.44. The average molecular weight is 353 g/mol. The van der Waals surface area contributed by atoms with Gasteiger partial charge in [0.1, 0.15) is 0 Å². The predicted octanol–water partition coefficient (Wildman–Crippen LogP) is 2.15. The van der Waals surface area contributed by atoms with Crippen molar-refractivity contribution >= 4 is 11.9 Å². The molecule has 144 valence electrons. The van der Waals surface area contributed by atoms with E-state index in [2.05, 4.69) is 20.5 Å². The van der Waals surface area contributed by atoms with Gasteiger partial charge in [0.2, 0.25) is 5.91 Å². The van der Waals surface area contributed by atoms with Crippen LogP contribution in [0.15, 0.2) is 4.99 Å². The molecule has 0 spiro atoms. The van der Waals surface area contributed by atoms with Crippen LogP contribution in [-0.2, 0) is 9.53 Å². The van der Waals surface area contributed by atoms with Gasteiger partial charge in [-0.1, -0.05) is 19.3 Å². The van der Waals surface area contributed by atoms with Gasteiger partial charge in [0, 0.05) is 52.4 Å². The Bertz CT molecular complexity index is 422. The number of carbonyl (C=O) groups excluding carboxylic acids is 1. The van der Waals surface area contributed by atoms with Crippen LogP contribution in [-0.4, -0.2) is 63.2 Å². The fourth-order valence-corrected chi connectivity index (χ4v) is 3.83. The number of amides is 1. The summed E-state index contributed by atoms with van der Waals surface area (Å²) in [6, 6.07) is 0.312. The monoisotopic (exact) mass is 352 g/mol. The van der Waals surface area contributed by atoms with Crippen molar-refractivity contribution in [1.82, 2.24) is 15.5 Å². The summed E-state index contributed by atoms with van der Waals surface area (Å²) in [5.41, 5.74) is 0. The first-order chi connectivity index (χ1) is 12.2. The van der Waals surface area contributed by atoms with E-state index in [1.54, 1.807) is 14.2 Å². The number of carbonyl (C=O) groups is 1. The van der Waals surface area contributed by atoms with E-state index in [1.807, 2.05) is 0 Å². The number of ether oxygens (including phenoxy) is 1. The molecule has 2 rings (SSSR count). The number of unbranched alkanes of at least 4 members (excludes halogenated alkanes) is 2. The average Bonchev–Trinajstić information content (AvgIpc) is 3.12. The molecule has 1 saturated carbocycles. The summed E-state index contributed by atoms with van der Waals surface area (Å²) in [5, 5.41) is 6.85. The fraction of sp³-hybridized carbons (Fsp3) is 0.895. The van der Waals surface area contributed by atoms with Gasteiger partial charge in [0.25, 0.3) is 0 Å². The van der Waals surface area contributed by atoms with E-state index in [-0.39, 0.29) is 5.92 Å². The van der Waals surface area contributed by atoms with Gasteiger partial charge in [-0.15, -0.1) is 0 Å². The molecule has 2 N–H and O–H groups in total. The van der Waals surface area contributed by atoms with Gasteiger partial charge in [-0.25, -0.2) is 0 Å². The highest BCUT2D eigenvalue weighted by atomic mass is 16.5. The van der Waals surface area contributed by atoms with Gasteiger partial charge >= 0.3 is 0 Å². The van der Waals surface area contributed by atoms with E-state index >= 15 is 0 Å². The Hall–Kier alpha value is -1.30. The highest BCUT2D eigenvalue weighted by Gasteiger charge is 2.31. The van der Waals surface area contributed by atoms with Crippen LogP contribution in [0.1, 0.15) is 57.8 Å². The topological polar surface area (TPSA) is 66.0 Å². The van der Waals surface area contributed by atoms with Gasteiger partial charge in [-0.3, -0.25) is 9.79 Å². The highest BCUT2D eigenvalue weighted by Crippen LogP contribution is 2.26. The Morgan fingerprint density at radius 2 is 1.96 bits per heavy atom. The van der Waals surface area contributed by atoms with Crippen molar-refractivity contribution in [1.29, 1.82) is 0 Å². The fourth-order valence-electron chi connectivity index (χ4n) is 3.83. The molecule has 6 nitrogen and oxygen atoms in total. The van der Waals surface area contributed by atoms with E-state index in [0.29, 0.717) is 11.9 Å². The van der Waals surface area contributed by atoms with Crippen LogP contribution in [0.2, 0.25) is 0 Å². The van der Waals surface area contributed by atoms with Crippen LogP contribution in [0.4, 0.5) is 0 Å². The summed E-state index contributed by atoms with van der Waals surface area (Å²) < 4.78 is 5.06. The van der Waals surface area contributed by atoms with Crippen molar-refractivity contribution in [2.45, 2.75) is 63.8 Å². The second kappa shape index (κ2) is 11.3. The highest BCUT2D eigenvalue weighted by molar-refractivity contribution is 5.81. The number of aliphatic imine (C=N–C) groups is 1. The van der Waals surface area contributed by atoms with Gasteiger partial charge in [0.15, 0.2) is 5.96 Å². The standard InChI is InChI=1S/C19H36N4O2/c1-20-19(21-12-7-4-8-14-25-2)22-17-11-13-23(15-17)18(24)16-9-5-3-6-10-16/h16-17H,3-15H2,1-2H3,(H2,20,21,22). The Labute approximate surface area is 152 Å². The molecule has 2 fully saturated rings. The molecule has 0 aromatic heterocycles. The summed E-state index contributed by atoms with van der Waals surface area (Å²) in [5.74, 6) is 1.51. The maximum Gasteiger partial charge on any atom is 0.225 e. The van der Waals surface area contributed by atoms with Crippen LogP contribution < -0.4 is 10.6 Å². The molecule has 0 bridgehead atoms. The third kappa shape index (κ3) is 6.84. The summed E-state index contributed by atoms with van der Waals surface area (Å²) in [6.07, 6.45) is 10.3. The van der Waals surface area contributed by atoms with Crippen LogP contribution in [0.5, 0.6) is 0 Å². The first-order valence-corrected chi connectivity index (χ1v) is 9.99. The quantitative estimate of drug-likeness (QED) is 0.399. The number of guanidine groups is 1. The minimum atomic E-state index is 0.275. The third-order valence-corrected chi connectivity index (χ3v) is 5.34. The summed E-state index contributed by atoms with van der Waals surface area (Å²) >= 11 is 0. The number of methoxy groups -OCH3 is 1. The van der Waals surface area contributed by atoms with Gasteiger partial charge in [-0.05, 0) is 38.5 Å². The van der Waals surface area contributed by atoms with E-state index in [4.69, 9.17) is 4.74 Å². The van der Waals surface area contributed by atoms with Crippen LogP contribution >= 0.6 is 0 Å². The van der Waals surface area contributed by atoms with Crippen LogP contribution in [0.25, 0.3) is 0 Å². The molecule has 2 aliphatic rings. The third-order valence-electron chi connectivity index (χ3n) is 5.34. The number of nitrogens with zero attached hydrogens (tertiary/aromatic N) is 2. The van der Waals surface area contributed by atoms with Crippen molar-refractivity contribution in [2.75, 3.05) is 40.4 Å². The number of hydrogen-bond donors (Lipinski definition) is 2. The lowest BCUT2D eigenvalue weighted by Gasteiger charge is -2.26. The molecule has 1 atom stereocenters. The Balaban J connectivity index is 1.65. The number of hydrogen-bond acceptors (Lipinski definition) is 3. The van der Waals surface area contributed by atoms with Crippen molar-refractivity contribution in [3.05, 3.63) is 0 Å². The lowest BCUT2D eigenvalue weighted by Crippen LogP contribution is -2.45. The van der Waals surface area contributed by atoms with Crippen molar-refractivity contribution in [2.24, 2.45) is 10.9 Å². The van der Waals surface area contributed by atoms with E-state index < -0.39 is 0 Å². The minimum Gasteiger partial charge on any atom is -0.385 e. The number of rotatable bonds is 8. The maximum absolute atomic E-state index is 12.6. The van der Waals surface area contributed by atoms with Crippen molar-refractivity contribution in [3.8, 4) is 0 Å². The van der Waals surface area contributed by atoms with E-state index in [0.717, 1.165) is 70.7 Å². The molecular weight excluding hydrogens is 316 g/mol. The molecule has 1 aliphatic carbocycles. The summed E-state index contributed by atoms with van der Waals surface area (Å²) in [4.78, 5) is 19.0. The molecule has 6 heteroatoms. The van der Waals surface area contributed by atoms with E-state index in [9.17, 15) is 4.79 Å². The second-order valence-electron chi connectivity index (χ2n) is 7.30. The zero-order valence-electron chi connectivity index (χ0n) is 16.1. The number of nitrogens with one attached hydrogen (secondary N) is 2. The van der Waals surface area contributed by atoms with Gasteiger partial charge < -0.3 is 20.3 Å². The molecule has 1 saturated heterocycles. The Morgan fingerprint density at radius 1 is 1.16 bits per heavy atom. The minimum absolute atomic E-state index is 0.275. The molecule has 0 radical (unpaired) electrons. The van der Waals surface area contributed by atoms with Crippen molar-refractivity contribution in [3.63, 3.8) is 0 Å².